The second-order valence-electron chi connectivity index (χ2n) is 9.43. The van der Waals surface area contributed by atoms with E-state index in [1.165, 1.54) is 120 Å². The molecule has 0 amide bonds. The third-order valence-electron chi connectivity index (χ3n) is 6.01. The van der Waals surface area contributed by atoms with Crippen molar-refractivity contribution in [3.05, 3.63) is 35.4 Å². The lowest BCUT2D eigenvalue weighted by Gasteiger charge is -2.23. The van der Waals surface area contributed by atoms with Crippen molar-refractivity contribution in [2.45, 2.75) is 135 Å². The molecule has 162 valence electrons. The fourth-order valence-electron chi connectivity index (χ4n) is 4.23. The van der Waals surface area contributed by atoms with Gasteiger partial charge in [-0.25, -0.2) is 0 Å². The zero-order chi connectivity index (χ0) is 20.5. The zero-order valence-electron chi connectivity index (χ0n) is 19.4. The lowest BCUT2D eigenvalue weighted by atomic mass is 9.89. The van der Waals surface area contributed by atoms with E-state index in [2.05, 4.69) is 45.0 Å². The monoisotopic (exact) mass is 387 g/mol. The van der Waals surface area contributed by atoms with Crippen molar-refractivity contribution in [2.75, 3.05) is 0 Å². The SMILES string of the molecule is CCCCCCCCCCCCCCCCCCc1ccccc1C(C)(C)N. The second kappa shape index (κ2) is 16.0. The maximum atomic E-state index is 6.32. The molecule has 2 N–H and O–H groups in total. The number of rotatable bonds is 18. The lowest BCUT2D eigenvalue weighted by molar-refractivity contribution is 0.527. The van der Waals surface area contributed by atoms with E-state index in [4.69, 9.17) is 5.73 Å². The number of aryl methyl sites for hydroxylation is 1. The first-order valence-electron chi connectivity index (χ1n) is 12.4. The van der Waals surface area contributed by atoms with Crippen LogP contribution in [0.5, 0.6) is 0 Å². The van der Waals surface area contributed by atoms with Crippen molar-refractivity contribution >= 4 is 0 Å². The van der Waals surface area contributed by atoms with Gasteiger partial charge in [-0.15, -0.1) is 0 Å². The summed E-state index contributed by atoms with van der Waals surface area (Å²) in [5, 5.41) is 0. The summed E-state index contributed by atoms with van der Waals surface area (Å²) in [4.78, 5) is 0. The summed E-state index contributed by atoms with van der Waals surface area (Å²) in [6, 6.07) is 8.72. The van der Waals surface area contributed by atoms with Crippen molar-refractivity contribution in [2.24, 2.45) is 5.73 Å². The van der Waals surface area contributed by atoms with Gasteiger partial charge in [0.25, 0.3) is 0 Å². The van der Waals surface area contributed by atoms with Gasteiger partial charge in [0, 0.05) is 5.54 Å². The van der Waals surface area contributed by atoms with Gasteiger partial charge in [-0.3, -0.25) is 0 Å². The maximum absolute atomic E-state index is 6.32. The van der Waals surface area contributed by atoms with Gasteiger partial charge in [0.2, 0.25) is 0 Å². The molecule has 0 saturated heterocycles. The summed E-state index contributed by atoms with van der Waals surface area (Å²) in [6.07, 6.45) is 24.0. The minimum atomic E-state index is -0.231. The van der Waals surface area contributed by atoms with Gasteiger partial charge in [0.15, 0.2) is 0 Å². The Morgan fingerprint density at radius 1 is 0.607 bits per heavy atom. The summed E-state index contributed by atoms with van der Waals surface area (Å²) in [5.41, 5.74) is 8.85. The minimum absolute atomic E-state index is 0.231. The summed E-state index contributed by atoms with van der Waals surface area (Å²) < 4.78 is 0. The first-order valence-corrected chi connectivity index (χ1v) is 12.4. The fourth-order valence-corrected chi connectivity index (χ4v) is 4.23. The molecule has 1 aromatic rings. The minimum Gasteiger partial charge on any atom is -0.322 e. The molecular formula is C27H49N. The summed E-state index contributed by atoms with van der Waals surface area (Å²) in [7, 11) is 0. The van der Waals surface area contributed by atoms with E-state index in [9.17, 15) is 0 Å². The zero-order valence-corrected chi connectivity index (χ0v) is 19.4. The van der Waals surface area contributed by atoms with Crippen LogP contribution in [0, 0.1) is 0 Å². The number of unbranched alkanes of at least 4 members (excludes halogenated alkanes) is 15. The Hall–Kier alpha value is -0.820. The standard InChI is InChI=1S/C27H49N/c1-4-5-6-7-8-9-10-11-12-13-14-15-16-17-18-19-22-25-23-20-21-24-26(25)27(2,3)28/h20-21,23-24H,4-19,22,28H2,1-3H3. The molecule has 0 heterocycles. The Labute approximate surface area is 176 Å². The van der Waals surface area contributed by atoms with Gasteiger partial charge in [-0.2, -0.15) is 0 Å². The smallest absolute Gasteiger partial charge is 0.0355 e. The van der Waals surface area contributed by atoms with Gasteiger partial charge in [0.05, 0.1) is 0 Å². The van der Waals surface area contributed by atoms with Crippen molar-refractivity contribution in [3.63, 3.8) is 0 Å². The number of nitrogens with two attached hydrogens (primary N) is 1. The van der Waals surface area contributed by atoms with Crippen LogP contribution >= 0.6 is 0 Å². The molecule has 0 aliphatic rings. The van der Waals surface area contributed by atoms with Crippen molar-refractivity contribution < 1.29 is 0 Å². The van der Waals surface area contributed by atoms with Crippen molar-refractivity contribution in [3.8, 4) is 0 Å². The van der Waals surface area contributed by atoms with Gasteiger partial charge in [-0.1, -0.05) is 128 Å². The van der Waals surface area contributed by atoms with Crippen molar-refractivity contribution in [1.29, 1.82) is 0 Å². The molecule has 0 unspecified atom stereocenters. The first-order chi connectivity index (χ1) is 13.6. The predicted molar refractivity (Wildman–Crippen MR) is 127 cm³/mol. The molecule has 0 atom stereocenters. The highest BCUT2D eigenvalue weighted by atomic mass is 14.7. The van der Waals surface area contributed by atoms with Crippen LogP contribution < -0.4 is 5.73 Å². The first kappa shape index (κ1) is 25.2. The topological polar surface area (TPSA) is 26.0 Å². The van der Waals surface area contributed by atoms with Gasteiger partial charge >= 0.3 is 0 Å². The van der Waals surface area contributed by atoms with Gasteiger partial charge < -0.3 is 5.73 Å². The predicted octanol–water partition coefficient (Wildman–Crippen LogP) is 8.68. The van der Waals surface area contributed by atoms with E-state index in [1.807, 2.05) is 0 Å². The van der Waals surface area contributed by atoms with Crippen LogP contribution in [0.2, 0.25) is 0 Å². The molecule has 0 aromatic heterocycles. The van der Waals surface area contributed by atoms with E-state index in [0.29, 0.717) is 0 Å². The van der Waals surface area contributed by atoms with Crippen LogP contribution in [-0.2, 0) is 12.0 Å². The van der Waals surface area contributed by atoms with Crippen LogP contribution in [0.25, 0.3) is 0 Å². The molecule has 0 aliphatic carbocycles. The van der Waals surface area contributed by atoms with E-state index in [0.717, 1.165) is 0 Å². The number of benzene rings is 1. The molecule has 1 rings (SSSR count). The normalized spacial score (nSPS) is 11.9. The third-order valence-corrected chi connectivity index (χ3v) is 6.01. The lowest BCUT2D eigenvalue weighted by Crippen LogP contribution is -2.30. The second-order valence-corrected chi connectivity index (χ2v) is 9.43. The Morgan fingerprint density at radius 2 is 1.00 bits per heavy atom. The van der Waals surface area contributed by atoms with Crippen LogP contribution in [0.4, 0.5) is 0 Å². The van der Waals surface area contributed by atoms with Crippen LogP contribution in [0.1, 0.15) is 135 Å². The molecule has 0 spiro atoms. The Balaban J connectivity index is 1.90. The average molecular weight is 388 g/mol. The highest BCUT2D eigenvalue weighted by Crippen LogP contribution is 2.23. The van der Waals surface area contributed by atoms with Gasteiger partial charge in [-0.05, 0) is 37.8 Å². The Kier molecular flexibility index (Phi) is 14.4. The van der Waals surface area contributed by atoms with Crippen LogP contribution in [0.3, 0.4) is 0 Å². The molecule has 28 heavy (non-hydrogen) atoms. The van der Waals surface area contributed by atoms with Crippen molar-refractivity contribution in [1.82, 2.24) is 0 Å². The molecule has 1 heteroatoms. The van der Waals surface area contributed by atoms with Crippen LogP contribution in [0.15, 0.2) is 24.3 Å². The quantitative estimate of drug-likeness (QED) is 0.250. The van der Waals surface area contributed by atoms with Gasteiger partial charge in [0.1, 0.15) is 0 Å². The highest BCUT2D eigenvalue weighted by Gasteiger charge is 2.17. The highest BCUT2D eigenvalue weighted by molar-refractivity contribution is 5.32. The van der Waals surface area contributed by atoms with Crippen LogP contribution in [-0.4, -0.2) is 0 Å². The summed E-state index contributed by atoms with van der Waals surface area (Å²) in [5.74, 6) is 0. The number of hydrogen-bond donors (Lipinski definition) is 1. The maximum Gasteiger partial charge on any atom is 0.0355 e. The number of hydrogen-bond acceptors (Lipinski definition) is 1. The van der Waals surface area contributed by atoms with E-state index < -0.39 is 0 Å². The molecule has 0 aliphatic heterocycles. The molecular weight excluding hydrogens is 338 g/mol. The molecule has 0 bridgehead atoms. The molecule has 0 fully saturated rings. The molecule has 1 nitrogen and oxygen atoms in total. The summed E-state index contributed by atoms with van der Waals surface area (Å²) in [6.45, 7) is 6.52. The molecule has 0 radical (unpaired) electrons. The van der Waals surface area contributed by atoms with E-state index in [1.54, 1.807) is 0 Å². The van der Waals surface area contributed by atoms with E-state index >= 15 is 0 Å². The third kappa shape index (κ3) is 12.6. The average Bonchev–Trinajstić information content (AvgIpc) is 2.67. The Bertz CT molecular complexity index is 471. The largest absolute Gasteiger partial charge is 0.322 e. The van der Waals surface area contributed by atoms with E-state index in [-0.39, 0.29) is 5.54 Å². The molecule has 1 aromatic carbocycles. The molecule has 0 saturated carbocycles. The Morgan fingerprint density at radius 3 is 1.43 bits per heavy atom. The fraction of sp³-hybridized carbons (Fsp3) is 0.778. The summed E-state index contributed by atoms with van der Waals surface area (Å²) >= 11 is 0.